The Balaban J connectivity index is 3.07. The number of anilines is 1. The van der Waals surface area contributed by atoms with Crippen LogP contribution in [0.2, 0.25) is 0 Å². The number of carbonyl (C=O) groups is 1. The number of aromatic nitrogens is 1. The molecule has 0 aromatic carbocycles. The molecule has 0 saturated carbocycles. The normalized spacial score (nSPS) is 10.6. The first kappa shape index (κ1) is 13.3. The van der Waals surface area contributed by atoms with Gasteiger partial charge in [0.2, 0.25) is 5.95 Å². The van der Waals surface area contributed by atoms with Crippen molar-refractivity contribution in [2.75, 3.05) is 12.3 Å². The van der Waals surface area contributed by atoms with E-state index in [1.54, 1.807) is 6.92 Å². The average molecular weight is 248 g/mol. The van der Waals surface area contributed by atoms with Gasteiger partial charge >= 0.3 is 5.97 Å². The number of carbonyl (C=O) groups excluding carboxylic acids is 1. The number of rotatable bonds is 4. The van der Waals surface area contributed by atoms with Gasteiger partial charge in [-0.05, 0) is 12.5 Å². The van der Waals surface area contributed by atoms with Crippen LogP contribution < -0.4 is 5.73 Å². The molecule has 1 rings (SSSR count). The van der Waals surface area contributed by atoms with Crippen LogP contribution in [-0.2, 0) is 16.0 Å². The van der Waals surface area contributed by atoms with Crippen LogP contribution in [-0.4, -0.2) is 17.6 Å². The van der Waals surface area contributed by atoms with E-state index >= 15 is 0 Å². The second-order valence-electron chi connectivity index (χ2n) is 3.18. The molecule has 1 aromatic heterocycles. The van der Waals surface area contributed by atoms with Crippen LogP contribution in [0.4, 0.5) is 18.9 Å². The van der Waals surface area contributed by atoms with Gasteiger partial charge < -0.3 is 10.5 Å². The molecule has 1 heterocycles. The van der Waals surface area contributed by atoms with Crippen LogP contribution in [0.25, 0.3) is 0 Å². The fourth-order valence-corrected chi connectivity index (χ4v) is 1.32. The van der Waals surface area contributed by atoms with Crippen molar-refractivity contribution >= 4 is 11.7 Å². The fraction of sp³-hybridized carbons (Fsp3) is 0.400. The number of nitrogens with zero attached hydrogens (tertiary/aromatic N) is 1. The van der Waals surface area contributed by atoms with E-state index in [1.807, 2.05) is 0 Å². The number of hydrogen-bond acceptors (Lipinski definition) is 4. The molecule has 0 bridgehead atoms. The van der Waals surface area contributed by atoms with Crippen molar-refractivity contribution < 1.29 is 22.7 Å². The van der Waals surface area contributed by atoms with E-state index in [-0.39, 0.29) is 12.2 Å². The maximum Gasteiger partial charge on any atom is 0.310 e. The summed E-state index contributed by atoms with van der Waals surface area (Å²) in [5.74, 6) is -1.87. The van der Waals surface area contributed by atoms with E-state index in [1.165, 1.54) is 0 Å². The molecular weight excluding hydrogens is 237 g/mol. The summed E-state index contributed by atoms with van der Waals surface area (Å²) in [4.78, 5) is 14.4. The highest BCUT2D eigenvalue weighted by Gasteiger charge is 2.22. The van der Waals surface area contributed by atoms with E-state index in [2.05, 4.69) is 9.72 Å². The highest BCUT2D eigenvalue weighted by molar-refractivity contribution is 5.73. The lowest BCUT2D eigenvalue weighted by Gasteiger charge is -2.11. The monoisotopic (exact) mass is 248 g/mol. The Morgan fingerprint density at radius 3 is 2.76 bits per heavy atom. The molecule has 94 valence electrons. The number of halogens is 3. The van der Waals surface area contributed by atoms with Gasteiger partial charge in [-0.2, -0.15) is 4.39 Å². The van der Waals surface area contributed by atoms with Gasteiger partial charge in [-0.3, -0.25) is 4.79 Å². The van der Waals surface area contributed by atoms with Crippen LogP contribution in [0.3, 0.4) is 0 Å². The Hall–Kier alpha value is -1.79. The second-order valence-corrected chi connectivity index (χ2v) is 3.18. The van der Waals surface area contributed by atoms with Crippen molar-refractivity contribution in [3.63, 3.8) is 0 Å². The topological polar surface area (TPSA) is 65.2 Å². The highest BCUT2D eigenvalue weighted by Crippen LogP contribution is 2.29. The first-order chi connectivity index (χ1) is 7.97. The number of alkyl halides is 2. The van der Waals surface area contributed by atoms with Crippen molar-refractivity contribution in [2.24, 2.45) is 0 Å². The number of nitrogen functional groups attached to an aromatic ring is 1. The zero-order valence-electron chi connectivity index (χ0n) is 9.04. The molecule has 0 radical (unpaired) electrons. The van der Waals surface area contributed by atoms with E-state index in [0.717, 1.165) is 6.20 Å². The van der Waals surface area contributed by atoms with Gasteiger partial charge in [-0.1, -0.05) is 0 Å². The molecule has 4 nitrogen and oxygen atoms in total. The third-order valence-corrected chi connectivity index (χ3v) is 2.05. The number of pyridine rings is 1. The molecular formula is C10H11F3N2O2. The van der Waals surface area contributed by atoms with Gasteiger partial charge in [-0.15, -0.1) is 0 Å². The van der Waals surface area contributed by atoms with Crippen LogP contribution in [0.5, 0.6) is 0 Å². The number of nitrogens with two attached hydrogens (primary N) is 1. The summed E-state index contributed by atoms with van der Waals surface area (Å²) in [5, 5.41) is 0. The Kier molecular flexibility index (Phi) is 4.30. The van der Waals surface area contributed by atoms with E-state index in [4.69, 9.17) is 5.73 Å². The lowest BCUT2D eigenvalue weighted by Crippen LogP contribution is -2.12. The minimum Gasteiger partial charge on any atom is -0.466 e. The highest BCUT2D eigenvalue weighted by atomic mass is 19.3. The van der Waals surface area contributed by atoms with Crippen LogP contribution >= 0.6 is 0 Å². The number of esters is 1. The summed E-state index contributed by atoms with van der Waals surface area (Å²) < 4.78 is 42.9. The van der Waals surface area contributed by atoms with Gasteiger partial charge in [-0.25, -0.2) is 13.8 Å². The van der Waals surface area contributed by atoms with E-state index in [9.17, 15) is 18.0 Å². The Bertz CT molecular complexity index is 424. The largest absolute Gasteiger partial charge is 0.466 e. The summed E-state index contributed by atoms with van der Waals surface area (Å²) >= 11 is 0. The zero-order chi connectivity index (χ0) is 13.0. The number of hydrogen-bond donors (Lipinski definition) is 1. The molecule has 7 heteroatoms. The summed E-state index contributed by atoms with van der Waals surface area (Å²) in [7, 11) is 0. The molecule has 0 saturated heterocycles. The van der Waals surface area contributed by atoms with Crippen LogP contribution in [0, 0.1) is 5.95 Å². The Morgan fingerprint density at radius 2 is 2.24 bits per heavy atom. The maximum absolute atomic E-state index is 12.9. The van der Waals surface area contributed by atoms with Gasteiger partial charge in [0, 0.05) is 6.20 Å². The zero-order valence-corrected chi connectivity index (χ0v) is 9.04. The van der Waals surface area contributed by atoms with Crippen molar-refractivity contribution in [2.45, 2.75) is 19.8 Å². The van der Waals surface area contributed by atoms with Crippen molar-refractivity contribution in [3.8, 4) is 0 Å². The molecule has 17 heavy (non-hydrogen) atoms. The third kappa shape index (κ3) is 3.08. The van der Waals surface area contributed by atoms with Crippen LogP contribution in [0.1, 0.15) is 24.5 Å². The molecule has 0 fully saturated rings. The molecule has 0 aliphatic rings. The lowest BCUT2D eigenvalue weighted by atomic mass is 10.1. The van der Waals surface area contributed by atoms with Crippen molar-refractivity contribution in [3.05, 3.63) is 23.3 Å². The Morgan fingerprint density at radius 1 is 1.59 bits per heavy atom. The van der Waals surface area contributed by atoms with Crippen molar-refractivity contribution in [1.82, 2.24) is 4.98 Å². The van der Waals surface area contributed by atoms with Gasteiger partial charge in [0.25, 0.3) is 6.43 Å². The van der Waals surface area contributed by atoms with Gasteiger partial charge in [0.15, 0.2) is 0 Å². The molecule has 0 atom stereocenters. The molecule has 0 aliphatic heterocycles. The average Bonchev–Trinajstić information content (AvgIpc) is 2.23. The summed E-state index contributed by atoms with van der Waals surface area (Å²) in [6.07, 6.45) is -2.52. The van der Waals surface area contributed by atoms with Crippen molar-refractivity contribution in [1.29, 1.82) is 0 Å². The van der Waals surface area contributed by atoms with Crippen LogP contribution in [0.15, 0.2) is 6.20 Å². The smallest absolute Gasteiger partial charge is 0.310 e. The molecule has 1 aromatic rings. The first-order valence-electron chi connectivity index (χ1n) is 4.83. The number of ether oxygens (including phenoxy) is 1. The molecule has 0 amide bonds. The summed E-state index contributed by atoms with van der Waals surface area (Å²) in [6.45, 7) is 1.72. The predicted molar refractivity (Wildman–Crippen MR) is 53.9 cm³/mol. The molecule has 0 unspecified atom stereocenters. The first-order valence-corrected chi connectivity index (χ1v) is 4.83. The van der Waals surface area contributed by atoms with E-state index in [0.29, 0.717) is 0 Å². The second kappa shape index (κ2) is 5.51. The Labute approximate surface area is 95.6 Å². The van der Waals surface area contributed by atoms with E-state index < -0.39 is 36.0 Å². The standard InChI is InChI=1S/C10H11F3N2O2/c1-2-17-6(16)3-5-4-15-10(13)8(14)7(5)9(11)12/h4,9H,2-3,14H2,1H3. The quantitative estimate of drug-likeness (QED) is 0.652. The fourth-order valence-electron chi connectivity index (χ4n) is 1.32. The molecule has 2 N–H and O–H groups in total. The summed E-state index contributed by atoms with van der Waals surface area (Å²) in [5.41, 5.74) is 3.60. The summed E-state index contributed by atoms with van der Waals surface area (Å²) in [6, 6.07) is 0. The maximum atomic E-state index is 12.9. The minimum atomic E-state index is -2.98. The van der Waals surface area contributed by atoms with Gasteiger partial charge in [0.05, 0.1) is 24.3 Å². The molecule has 0 spiro atoms. The SMILES string of the molecule is CCOC(=O)Cc1cnc(F)c(N)c1C(F)F. The predicted octanol–water partition coefficient (Wildman–Crippen LogP) is 1.85. The molecule has 0 aliphatic carbocycles. The minimum absolute atomic E-state index is 0.127. The van der Waals surface area contributed by atoms with Gasteiger partial charge in [0.1, 0.15) is 0 Å². The lowest BCUT2D eigenvalue weighted by molar-refractivity contribution is -0.142. The third-order valence-electron chi connectivity index (χ3n) is 2.05.